The molecule has 108 valence electrons. The van der Waals surface area contributed by atoms with Crippen molar-refractivity contribution >= 4 is 23.1 Å². The van der Waals surface area contributed by atoms with Crippen LogP contribution in [0.15, 0.2) is 12.1 Å². The Bertz CT molecular complexity index is 565. The molecule has 2 unspecified atom stereocenters. The largest absolute Gasteiger partial charge is 0.393 e. The van der Waals surface area contributed by atoms with E-state index in [0.29, 0.717) is 17.5 Å². The van der Waals surface area contributed by atoms with E-state index in [9.17, 15) is 18.0 Å². The van der Waals surface area contributed by atoms with Gasteiger partial charge in [0.15, 0.2) is 17.5 Å². The Morgan fingerprint density at radius 1 is 1.25 bits per heavy atom. The van der Waals surface area contributed by atoms with E-state index in [1.54, 1.807) is 0 Å². The van der Waals surface area contributed by atoms with E-state index in [1.165, 1.54) is 0 Å². The van der Waals surface area contributed by atoms with Gasteiger partial charge >= 0.3 is 0 Å². The first-order chi connectivity index (χ1) is 9.41. The first-order valence-corrected chi connectivity index (χ1v) is 6.56. The van der Waals surface area contributed by atoms with E-state index in [0.717, 1.165) is 18.9 Å². The smallest absolute Gasteiger partial charge is 0.254 e. The normalized spacial score (nSPS) is 21.8. The van der Waals surface area contributed by atoms with Gasteiger partial charge < -0.3 is 11.1 Å². The molecular weight excluding hydrogens is 289 g/mol. The standard InChI is InChI=1S/C13H13F3N2OS/c14-8-5-4-7(10(15)11(8)16)13(19)18-9-3-1-2-6(9)12(17)20/h4-6,9H,1-3H2,(H2,17,20)(H,18,19). The molecule has 2 rings (SSSR count). The van der Waals surface area contributed by atoms with Gasteiger partial charge in [0.05, 0.1) is 10.6 Å². The van der Waals surface area contributed by atoms with Crippen LogP contribution < -0.4 is 11.1 Å². The second kappa shape index (κ2) is 5.78. The quantitative estimate of drug-likeness (QED) is 0.665. The molecule has 1 aliphatic rings. The predicted molar refractivity (Wildman–Crippen MR) is 71.7 cm³/mol. The molecule has 0 heterocycles. The third kappa shape index (κ3) is 2.77. The van der Waals surface area contributed by atoms with Crippen LogP contribution in [0.1, 0.15) is 29.6 Å². The number of halogens is 3. The average molecular weight is 302 g/mol. The molecule has 7 heteroatoms. The number of carbonyl (C=O) groups excluding carboxylic acids is 1. The van der Waals surface area contributed by atoms with Gasteiger partial charge in [0.25, 0.3) is 5.91 Å². The van der Waals surface area contributed by atoms with Crippen molar-refractivity contribution in [3.63, 3.8) is 0 Å². The first kappa shape index (κ1) is 14.8. The summed E-state index contributed by atoms with van der Waals surface area (Å²) in [6.45, 7) is 0. The van der Waals surface area contributed by atoms with Gasteiger partial charge in [-0.25, -0.2) is 13.2 Å². The van der Waals surface area contributed by atoms with Gasteiger partial charge in [-0.2, -0.15) is 0 Å². The summed E-state index contributed by atoms with van der Waals surface area (Å²) < 4.78 is 39.4. The van der Waals surface area contributed by atoms with E-state index in [2.05, 4.69) is 5.32 Å². The fraction of sp³-hybridized carbons (Fsp3) is 0.385. The zero-order valence-corrected chi connectivity index (χ0v) is 11.3. The minimum absolute atomic E-state index is 0.151. The van der Waals surface area contributed by atoms with Crippen molar-refractivity contribution in [3.05, 3.63) is 35.1 Å². The Hall–Kier alpha value is -1.63. The van der Waals surface area contributed by atoms with Crippen molar-refractivity contribution in [2.45, 2.75) is 25.3 Å². The molecule has 0 radical (unpaired) electrons. The molecule has 1 aromatic rings. The molecule has 1 saturated carbocycles. The summed E-state index contributed by atoms with van der Waals surface area (Å²) in [5, 5.41) is 2.58. The van der Waals surface area contributed by atoms with Gasteiger partial charge in [0.2, 0.25) is 0 Å². The maximum atomic E-state index is 13.5. The zero-order valence-electron chi connectivity index (χ0n) is 10.5. The number of amides is 1. The summed E-state index contributed by atoms with van der Waals surface area (Å²) in [4.78, 5) is 12.2. The minimum atomic E-state index is -1.66. The minimum Gasteiger partial charge on any atom is -0.393 e. The summed E-state index contributed by atoms with van der Waals surface area (Å²) in [7, 11) is 0. The highest BCUT2D eigenvalue weighted by molar-refractivity contribution is 7.80. The number of thiocarbonyl (C=S) groups is 1. The SMILES string of the molecule is NC(=S)C1CCCC1NC(=O)c1ccc(F)c(F)c1F. The van der Waals surface area contributed by atoms with Crippen LogP contribution in [0.3, 0.4) is 0 Å². The summed E-state index contributed by atoms with van der Waals surface area (Å²) in [6.07, 6.45) is 2.26. The number of nitrogens with one attached hydrogen (secondary N) is 1. The van der Waals surface area contributed by atoms with Crippen LogP contribution in [-0.2, 0) is 0 Å². The van der Waals surface area contributed by atoms with E-state index in [4.69, 9.17) is 18.0 Å². The van der Waals surface area contributed by atoms with E-state index in [-0.39, 0.29) is 12.0 Å². The van der Waals surface area contributed by atoms with Crippen molar-refractivity contribution in [2.24, 2.45) is 11.7 Å². The van der Waals surface area contributed by atoms with Crippen LogP contribution in [0, 0.1) is 23.4 Å². The highest BCUT2D eigenvalue weighted by atomic mass is 32.1. The van der Waals surface area contributed by atoms with Gasteiger partial charge in [-0.3, -0.25) is 4.79 Å². The molecular formula is C13H13F3N2OS. The lowest BCUT2D eigenvalue weighted by Crippen LogP contribution is -2.42. The summed E-state index contributed by atoms with van der Waals surface area (Å²) in [5.74, 6) is -5.43. The average Bonchev–Trinajstić information content (AvgIpc) is 2.84. The van der Waals surface area contributed by atoms with Gasteiger partial charge in [0, 0.05) is 12.0 Å². The topological polar surface area (TPSA) is 55.1 Å². The van der Waals surface area contributed by atoms with Crippen LogP contribution >= 0.6 is 12.2 Å². The Labute approximate surface area is 119 Å². The van der Waals surface area contributed by atoms with Crippen molar-refractivity contribution in [2.75, 3.05) is 0 Å². The fourth-order valence-electron chi connectivity index (χ4n) is 2.42. The van der Waals surface area contributed by atoms with Crippen molar-refractivity contribution in [3.8, 4) is 0 Å². The Kier molecular flexibility index (Phi) is 4.27. The Balaban J connectivity index is 2.17. The fourth-order valence-corrected chi connectivity index (χ4v) is 2.70. The Morgan fingerprint density at radius 3 is 2.60 bits per heavy atom. The van der Waals surface area contributed by atoms with Crippen LogP contribution in [0.4, 0.5) is 13.2 Å². The van der Waals surface area contributed by atoms with Gasteiger partial charge in [0.1, 0.15) is 0 Å². The molecule has 3 N–H and O–H groups in total. The molecule has 2 atom stereocenters. The predicted octanol–water partition coefficient (Wildman–Crippen LogP) is 2.29. The maximum Gasteiger partial charge on any atom is 0.254 e. The second-order valence-corrected chi connectivity index (χ2v) is 5.21. The maximum absolute atomic E-state index is 13.5. The van der Waals surface area contributed by atoms with Crippen LogP contribution in [-0.4, -0.2) is 16.9 Å². The van der Waals surface area contributed by atoms with Gasteiger partial charge in [-0.15, -0.1) is 0 Å². The van der Waals surface area contributed by atoms with E-state index >= 15 is 0 Å². The number of hydrogen-bond donors (Lipinski definition) is 2. The van der Waals surface area contributed by atoms with Crippen molar-refractivity contribution in [1.29, 1.82) is 0 Å². The molecule has 0 saturated heterocycles. The zero-order chi connectivity index (χ0) is 14.9. The number of carbonyl (C=O) groups is 1. The first-order valence-electron chi connectivity index (χ1n) is 6.15. The van der Waals surface area contributed by atoms with Crippen LogP contribution in [0.25, 0.3) is 0 Å². The highest BCUT2D eigenvalue weighted by Gasteiger charge is 2.31. The lowest BCUT2D eigenvalue weighted by Gasteiger charge is -2.20. The lowest BCUT2D eigenvalue weighted by molar-refractivity contribution is 0.0928. The molecule has 1 amide bonds. The number of benzene rings is 1. The number of rotatable bonds is 3. The summed E-state index contributed by atoms with van der Waals surface area (Å²) in [6, 6.07) is 1.33. The Morgan fingerprint density at radius 2 is 1.95 bits per heavy atom. The molecule has 0 bridgehead atoms. The highest BCUT2D eigenvalue weighted by Crippen LogP contribution is 2.26. The molecule has 1 aromatic carbocycles. The lowest BCUT2D eigenvalue weighted by atomic mass is 10.0. The molecule has 0 aromatic heterocycles. The number of nitrogens with two attached hydrogens (primary N) is 1. The summed E-state index contributed by atoms with van der Waals surface area (Å²) in [5.41, 5.74) is 5.04. The van der Waals surface area contributed by atoms with E-state index in [1.807, 2.05) is 0 Å². The third-order valence-electron chi connectivity index (χ3n) is 3.48. The third-order valence-corrected chi connectivity index (χ3v) is 3.78. The second-order valence-electron chi connectivity index (χ2n) is 4.74. The molecule has 20 heavy (non-hydrogen) atoms. The molecule has 0 spiro atoms. The molecule has 3 nitrogen and oxygen atoms in total. The summed E-state index contributed by atoms with van der Waals surface area (Å²) >= 11 is 4.91. The van der Waals surface area contributed by atoms with Crippen LogP contribution in [0.5, 0.6) is 0 Å². The van der Waals surface area contributed by atoms with Crippen molar-refractivity contribution in [1.82, 2.24) is 5.32 Å². The van der Waals surface area contributed by atoms with Crippen LogP contribution in [0.2, 0.25) is 0 Å². The van der Waals surface area contributed by atoms with Crippen molar-refractivity contribution < 1.29 is 18.0 Å². The molecule has 0 aliphatic heterocycles. The van der Waals surface area contributed by atoms with Gasteiger partial charge in [-0.1, -0.05) is 18.6 Å². The monoisotopic (exact) mass is 302 g/mol. The molecule has 1 aliphatic carbocycles. The van der Waals surface area contributed by atoms with E-state index < -0.39 is 28.9 Å². The number of hydrogen-bond acceptors (Lipinski definition) is 2. The molecule has 1 fully saturated rings. The van der Waals surface area contributed by atoms with Gasteiger partial charge in [-0.05, 0) is 25.0 Å².